The first-order valence-corrected chi connectivity index (χ1v) is 7.99. The lowest BCUT2D eigenvalue weighted by molar-refractivity contribution is -0.102. The van der Waals surface area contributed by atoms with Crippen LogP contribution in [0.5, 0.6) is 0 Å². The van der Waals surface area contributed by atoms with E-state index in [0.717, 1.165) is 0 Å². The number of aliphatic hydroxyl groups excluding tert-OH is 2. The predicted octanol–water partition coefficient (Wildman–Crippen LogP) is 2.77. The molecule has 0 aromatic rings. The van der Waals surface area contributed by atoms with Crippen LogP contribution in [0.3, 0.4) is 0 Å². The summed E-state index contributed by atoms with van der Waals surface area (Å²) in [6.45, 7) is 18.5. The van der Waals surface area contributed by atoms with E-state index in [-0.39, 0.29) is 30.0 Å². The fourth-order valence-corrected chi connectivity index (χ4v) is 1.62. The summed E-state index contributed by atoms with van der Waals surface area (Å²) >= 11 is 0. The minimum Gasteiger partial charge on any atom is -0.394 e. The Morgan fingerprint density at radius 2 is 1.18 bits per heavy atom. The molecule has 0 radical (unpaired) electrons. The van der Waals surface area contributed by atoms with Crippen LogP contribution in [0.1, 0.15) is 62.3 Å². The van der Waals surface area contributed by atoms with Crippen LogP contribution in [0, 0.1) is 0 Å². The number of aliphatic hydroxyl groups is 2. The van der Waals surface area contributed by atoms with Crippen molar-refractivity contribution < 1.29 is 24.4 Å². The van der Waals surface area contributed by atoms with Crippen molar-refractivity contribution in [2.24, 2.45) is 0 Å². The maximum atomic E-state index is 8.92. The number of rotatable bonds is 7. The van der Waals surface area contributed by atoms with Gasteiger partial charge in [-0.05, 0) is 62.3 Å². The van der Waals surface area contributed by atoms with E-state index in [1.54, 1.807) is 13.8 Å². The van der Waals surface area contributed by atoms with E-state index in [1.165, 1.54) is 0 Å². The molecule has 0 amide bonds. The van der Waals surface area contributed by atoms with Gasteiger partial charge in [0.05, 0.1) is 49.3 Å². The van der Waals surface area contributed by atoms with Crippen LogP contribution in [-0.4, -0.2) is 59.5 Å². The van der Waals surface area contributed by atoms with Crippen LogP contribution in [0.15, 0.2) is 0 Å². The minimum absolute atomic E-state index is 0.0156. The van der Waals surface area contributed by atoms with Crippen LogP contribution in [0.2, 0.25) is 0 Å². The monoisotopic (exact) mass is 322 g/mol. The molecule has 3 atom stereocenters. The van der Waals surface area contributed by atoms with Gasteiger partial charge >= 0.3 is 0 Å². The zero-order valence-corrected chi connectivity index (χ0v) is 16.0. The quantitative estimate of drug-likeness (QED) is 0.754. The third kappa shape index (κ3) is 22.1. The molecule has 136 valence electrons. The molecule has 0 aliphatic carbocycles. The van der Waals surface area contributed by atoms with E-state index in [9.17, 15) is 0 Å². The van der Waals surface area contributed by atoms with Gasteiger partial charge in [0.15, 0.2) is 0 Å². The van der Waals surface area contributed by atoms with Crippen LogP contribution in [0.4, 0.5) is 0 Å². The topological polar surface area (TPSA) is 68.2 Å². The van der Waals surface area contributed by atoms with Crippen molar-refractivity contribution in [2.45, 2.75) is 91.8 Å². The lowest BCUT2D eigenvalue weighted by Gasteiger charge is -2.30. The molecule has 0 aliphatic rings. The van der Waals surface area contributed by atoms with Crippen molar-refractivity contribution in [3.63, 3.8) is 0 Å². The van der Waals surface area contributed by atoms with Crippen molar-refractivity contribution in [3.05, 3.63) is 0 Å². The minimum atomic E-state index is -0.447. The Hall–Kier alpha value is -0.200. The van der Waals surface area contributed by atoms with Gasteiger partial charge in [-0.15, -0.1) is 0 Å². The normalized spacial score (nSPS) is 16.5. The molecule has 0 aromatic carbocycles. The lowest BCUT2D eigenvalue weighted by Crippen LogP contribution is -2.31. The van der Waals surface area contributed by atoms with Gasteiger partial charge in [-0.1, -0.05) is 0 Å². The molecule has 3 unspecified atom stereocenters. The van der Waals surface area contributed by atoms with Crippen LogP contribution >= 0.6 is 0 Å². The van der Waals surface area contributed by atoms with Gasteiger partial charge in [0.2, 0.25) is 0 Å². The number of ether oxygens (including phenoxy) is 3. The highest BCUT2D eigenvalue weighted by Gasteiger charge is 2.19. The molecule has 2 N–H and O–H groups in total. The Balaban J connectivity index is 0. The SMILES string of the molecule is CC(C)(C)OC(C)(C)C.CC(O)COC(C)COC(C)CO. The Labute approximate surface area is 137 Å². The molecule has 5 nitrogen and oxygen atoms in total. The van der Waals surface area contributed by atoms with Crippen molar-refractivity contribution in [1.29, 1.82) is 0 Å². The smallest absolute Gasteiger partial charge is 0.0781 e. The maximum Gasteiger partial charge on any atom is 0.0781 e. The van der Waals surface area contributed by atoms with Gasteiger partial charge in [0, 0.05) is 0 Å². The van der Waals surface area contributed by atoms with Gasteiger partial charge in [-0.25, -0.2) is 0 Å². The Morgan fingerprint density at radius 1 is 0.773 bits per heavy atom. The first-order chi connectivity index (χ1) is 9.76. The molecular weight excluding hydrogens is 284 g/mol. The van der Waals surface area contributed by atoms with E-state index in [2.05, 4.69) is 41.5 Å². The fourth-order valence-electron chi connectivity index (χ4n) is 1.62. The molecular formula is C17H38O5. The first-order valence-electron chi connectivity index (χ1n) is 7.99. The summed E-state index contributed by atoms with van der Waals surface area (Å²) in [5.74, 6) is 0. The highest BCUT2D eigenvalue weighted by atomic mass is 16.5. The van der Waals surface area contributed by atoms with Crippen LogP contribution in [0.25, 0.3) is 0 Å². The van der Waals surface area contributed by atoms with Crippen LogP contribution < -0.4 is 0 Å². The van der Waals surface area contributed by atoms with E-state index in [1.807, 2.05) is 6.92 Å². The summed E-state index contributed by atoms with van der Waals surface area (Å²) < 4.78 is 16.1. The standard InChI is InChI=1S/C9H20O4.C8H18O/c1-7(11)5-12-9(3)6-13-8(2)4-10;1-7(2,3)9-8(4,5)6/h7-11H,4-6H2,1-3H3;1-6H3. The fraction of sp³-hybridized carbons (Fsp3) is 1.00. The van der Waals surface area contributed by atoms with E-state index >= 15 is 0 Å². The molecule has 0 spiro atoms. The van der Waals surface area contributed by atoms with E-state index in [4.69, 9.17) is 24.4 Å². The van der Waals surface area contributed by atoms with Gasteiger partial charge < -0.3 is 24.4 Å². The molecule has 0 bridgehead atoms. The Kier molecular flexibility index (Phi) is 12.4. The third-order valence-corrected chi connectivity index (χ3v) is 2.11. The second-order valence-corrected chi connectivity index (χ2v) is 7.65. The molecule has 0 heterocycles. The number of hydrogen-bond donors (Lipinski definition) is 2. The molecule has 0 rings (SSSR count). The van der Waals surface area contributed by atoms with E-state index in [0.29, 0.717) is 13.2 Å². The lowest BCUT2D eigenvalue weighted by atomic mass is 10.1. The summed E-state index contributed by atoms with van der Waals surface area (Å²) in [6, 6.07) is 0. The highest BCUT2D eigenvalue weighted by molar-refractivity contribution is 4.68. The third-order valence-electron chi connectivity index (χ3n) is 2.11. The second kappa shape index (κ2) is 11.4. The second-order valence-electron chi connectivity index (χ2n) is 7.65. The zero-order chi connectivity index (χ0) is 18.0. The summed E-state index contributed by atoms with van der Waals surface area (Å²) in [6.07, 6.45) is -0.654. The zero-order valence-electron chi connectivity index (χ0n) is 16.0. The van der Waals surface area contributed by atoms with Crippen LogP contribution in [-0.2, 0) is 14.2 Å². The predicted molar refractivity (Wildman–Crippen MR) is 90.2 cm³/mol. The average Bonchev–Trinajstić information content (AvgIpc) is 2.29. The molecule has 5 heteroatoms. The van der Waals surface area contributed by atoms with Crippen molar-refractivity contribution >= 4 is 0 Å². The Bertz CT molecular complexity index is 241. The van der Waals surface area contributed by atoms with Gasteiger partial charge in [0.1, 0.15) is 0 Å². The van der Waals surface area contributed by atoms with Gasteiger partial charge in [-0.2, -0.15) is 0 Å². The molecule has 0 aromatic heterocycles. The maximum absolute atomic E-state index is 8.92. The highest BCUT2D eigenvalue weighted by Crippen LogP contribution is 2.17. The average molecular weight is 322 g/mol. The first kappa shape index (κ1) is 24.1. The van der Waals surface area contributed by atoms with Crippen molar-refractivity contribution in [3.8, 4) is 0 Å². The van der Waals surface area contributed by atoms with Gasteiger partial charge in [-0.3, -0.25) is 0 Å². The van der Waals surface area contributed by atoms with Gasteiger partial charge in [0.25, 0.3) is 0 Å². The summed E-state index contributed by atoms with van der Waals surface area (Å²) in [5, 5.41) is 17.6. The van der Waals surface area contributed by atoms with Crippen molar-refractivity contribution in [2.75, 3.05) is 19.8 Å². The van der Waals surface area contributed by atoms with E-state index < -0.39 is 6.10 Å². The summed E-state index contributed by atoms with van der Waals surface area (Å²) in [7, 11) is 0. The van der Waals surface area contributed by atoms with Crippen molar-refractivity contribution in [1.82, 2.24) is 0 Å². The summed E-state index contributed by atoms with van der Waals surface area (Å²) in [5.41, 5.74) is -0.0312. The molecule has 0 saturated heterocycles. The molecule has 0 saturated carbocycles. The Morgan fingerprint density at radius 3 is 1.45 bits per heavy atom. The largest absolute Gasteiger partial charge is 0.394 e. The molecule has 22 heavy (non-hydrogen) atoms. The molecule has 0 aliphatic heterocycles. The summed E-state index contributed by atoms with van der Waals surface area (Å²) in [4.78, 5) is 0. The molecule has 0 fully saturated rings. The number of hydrogen-bond acceptors (Lipinski definition) is 5.